The minimum absolute atomic E-state index is 0.000810. The van der Waals surface area contributed by atoms with Crippen LogP contribution in [0.2, 0.25) is 0 Å². The van der Waals surface area contributed by atoms with E-state index in [-0.39, 0.29) is 11.1 Å². The molecule has 0 radical (unpaired) electrons. The highest BCUT2D eigenvalue weighted by molar-refractivity contribution is 5.88. The topological polar surface area (TPSA) is 36.7 Å². The summed E-state index contributed by atoms with van der Waals surface area (Å²) in [5, 5.41) is 9.42. The number of pyridine rings is 1. The molecule has 0 bridgehead atoms. The van der Waals surface area contributed by atoms with Gasteiger partial charge in [0.2, 0.25) is 0 Å². The summed E-state index contributed by atoms with van der Waals surface area (Å²) in [5.41, 5.74) is 0.718. The third-order valence-electron chi connectivity index (χ3n) is 2.66. The van der Waals surface area contributed by atoms with Crippen molar-refractivity contribution in [3.63, 3.8) is 0 Å². The molecule has 0 amide bonds. The van der Waals surface area contributed by atoms with E-state index in [1.807, 2.05) is 6.92 Å². The van der Waals surface area contributed by atoms with Gasteiger partial charge in [0, 0.05) is 5.39 Å². The van der Waals surface area contributed by atoms with Crippen LogP contribution in [0.25, 0.3) is 10.9 Å². The number of hydrogen-bond acceptors (Lipinski definition) is 2. The van der Waals surface area contributed by atoms with Crippen LogP contribution in [0.15, 0.2) is 18.2 Å². The number of fused-ring (bicyclic) bond motifs is 1. The van der Waals surface area contributed by atoms with Crippen LogP contribution in [0.3, 0.4) is 0 Å². The zero-order valence-electron chi connectivity index (χ0n) is 9.76. The summed E-state index contributed by atoms with van der Waals surface area (Å²) in [6, 6.07) is 6.01. The van der Waals surface area contributed by atoms with E-state index in [9.17, 15) is 13.2 Å². The van der Waals surface area contributed by atoms with E-state index in [0.29, 0.717) is 10.9 Å². The van der Waals surface area contributed by atoms with E-state index < -0.39 is 11.9 Å². The van der Waals surface area contributed by atoms with Gasteiger partial charge in [-0.25, -0.2) is 4.98 Å². The number of rotatable bonds is 0. The minimum Gasteiger partial charge on any atom is -0.243 e. The molecule has 0 unspecified atom stereocenters. The standard InChI is InChI=1S/C13H9F3N2/c1-7-3-8(2)12-10(4-7)9(6-17)5-11(18-12)13(14,15)16/h3-5H,1-2H3. The third-order valence-corrected chi connectivity index (χ3v) is 2.66. The smallest absolute Gasteiger partial charge is 0.243 e. The Bertz CT molecular complexity index is 666. The van der Waals surface area contributed by atoms with E-state index in [2.05, 4.69) is 4.98 Å². The molecule has 0 atom stereocenters. The Balaban J connectivity index is 2.90. The molecule has 0 saturated carbocycles. The molecule has 2 nitrogen and oxygen atoms in total. The first-order valence-corrected chi connectivity index (χ1v) is 5.22. The molecule has 0 aliphatic carbocycles. The summed E-state index contributed by atoms with van der Waals surface area (Å²) in [7, 11) is 0. The average molecular weight is 250 g/mol. The van der Waals surface area contributed by atoms with Crippen LogP contribution in [-0.2, 0) is 6.18 Å². The highest BCUT2D eigenvalue weighted by Gasteiger charge is 2.33. The number of hydrogen-bond donors (Lipinski definition) is 0. The van der Waals surface area contributed by atoms with E-state index in [1.165, 1.54) is 0 Å². The summed E-state index contributed by atoms with van der Waals surface area (Å²) < 4.78 is 38.0. The molecule has 0 N–H and O–H groups in total. The Morgan fingerprint density at radius 2 is 1.83 bits per heavy atom. The Labute approximate surface area is 102 Å². The van der Waals surface area contributed by atoms with Gasteiger partial charge in [0.05, 0.1) is 17.1 Å². The predicted molar refractivity (Wildman–Crippen MR) is 60.9 cm³/mol. The van der Waals surface area contributed by atoms with Gasteiger partial charge in [0.1, 0.15) is 5.69 Å². The van der Waals surface area contributed by atoms with Crippen LogP contribution >= 0.6 is 0 Å². The first-order chi connectivity index (χ1) is 8.32. The van der Waals surface area contributed by atoms with Gasteiger partial charge < -0.3 is 0 Å². The molecule has 0 aliphatic heterocycles. The van der Waals surface area contributed by atoms with Crippen LogP contribution in [-0.4, -0.2) is 4.98 Å². The second-order valence-corrected chi connectivity index (χ2v) is 4.14. The molecule has 0 fully saturated rings. The van der Waals surface area contributed by atoms with Crippen molar-refractivity contribution < 1.29 is 13.2 Å². The third kappa shape index (κ3) is 2.02. The van der Waals surface area contributed by atoms with Gasteiger partial charge in [-0.05, 0) is 31.5 Å². The van der Waals surface area contributed by atoms with Gasteiger partial charge in [0.15, 0.2) is 0 Å². The molecule has 18 heavy (non-hydrogen) atoms. The first-order valence-electron chi connectivity index (χ1n) is 5.22. The SMILES string of the molecule is Cc1cc(C)c2nc(C(F)(F)F)cc(C#N)c2c1. The molecule has 1 aromatic heterocycles. The highest BCUT2D eigenvalue weighted by atomic mass is 19.4. The lowest BCUT2D eigenvalue weighted by Crippen LogP contribution is -2.09. The fourth-order valence-corrected chi connectivity index (χ4v) is 1.92. The largest absolute Gasteiger partial charge is 0.433 e. The molecule has 0 spiro atoms. The molecular formula is C13H9F3N2. The lowest BCUT2D eigenvalue weighted by atomic mass is 10.0. The van der Waals surface area contributed by atoms with Crippen molar-refractivity contribution in [1.29, 1.82) is 5.26 Å². The average Bonchev–Trinajstić information content (AvgIpc) is 2.26. The number of halogens is 3. The highest BCUT2D eigenvalue weighted by Crippen LogP contribution is 2.32. The number of nitriles is 1. The van der Waals surface area contributed by atoms with Gasteiger partial charge in [-0.3, -0.25) is 0 Å². The van der Waals surface area contributed by atoms with Gasteiger partial charge in [-0.15, -0.1) is 0 Å². The van der Waals surface area contributed by atoms with Crippen molar-refractivity contribution in [1.82, 2.24) is 4.98 Å². The number of alkyl halides is 3. The van der Waals surface area contributed by atoms with E-state index in [1.54, 1.807) is 25.1 Å². The van der Waals surface area contributed by atoms with Crippen LogP contribution < -0.4 is 0 Å². The zero-order valence-corrected chi connectivity index (χ0v) is 9.76. The molecule has 0 aliphatic rings. The van der Waals surface area contributed by atoms with Crippen molar-refractivity contribution in [2.24, 2.45) is 0 Å². The lowest BCUT2D eigenvalue weighted by molar-refractivity contribution is -0.140. The molecule has 92 valence electrons. The maximum atomic E-state index is 12.7. The normalized spacial score (nSPS) is 11.6. The second-order valence-electron chi connectivity index (χ2n) is 4.14. The number of nitrogens with zero attached hydrogens (tertiary/aromatic N) is 2. The van der Waals surface area contributed by atoms with Crippen LogP contribution in [0.4, 0.5) is 13.2 Å². The van der Waals surface area contributed by atoms with Crippen LogP contribution in [0, 0.1) is 25.2 Å². The second kappa shape index (κ2) is 3.98. The van der Waals surface area contributed by atoms with E-state index >= 15 is 0 Å². The molecule has 2 rings (SSSR count). The van der Waals surface area contributed by atoms with Crippen molar-refractivity contribution in [2.75, 3.05) is 0 Å². The maximum absolute atomic E-state index is 12.7. The fraction of sp³-hybridized carbons (Fsp3) is 0.231. The Morgan fingerprint density at radius 1 is 1.17 bits per heavy atom. The molecular weight excluding hydrogens is 241 g/mol. The molecule has 1 heterocycles. The van der Waals surface area contributed by atoms with Gasteiger partial charge in [-0.2, -0.15) is 18.4 Å². The van der Waals surface area contributed by atoms with Gasteiger partial charge in [-0.1, -0.05) is 11.6 Å². The quantitative estimate of drug-likeness (QED) is 0.714. The number of aromatic nitrogens is 1. The number of aryl methyl sites for hydroxylation is 2. The minimum atomic E-state index is -4.54. The first kappa shape index (κ1) is 12.4. The predicted octanol–water partition coefficient (Wildman–Crippen LogP) is 3.74. The van der Waals surface area contributed by atoms with Crippen molar-refractivity contribution in [3.05, 3.63) is 40.6 Å². The summed E-state index contributed by atoms with van der Waals surface area (Å²) in [6.07, 6.45) is -4.54. The molecule has 5 heteroatoms. The molecule has 2 aromatic rings. The number of benzene rings is 1. The maximum Gasteiger partial charge on any atom is 0.433 e. The lowest BCUT2D eigenvalue weighted by Gasteiger charge is -2.10. The summed E-state index contributed by atoms with van der Waals surface area (Å²) in [5.74, 6) is 0. The molecule has 1 aromatic carbocycles. The zero-order chi connectivity index (χ0) is 13.5. The molecule has 0 saturated heterocycles. The summed E-state index contributed by atoms with van der Waals surface area (Å²) in [6.45, 7) is 3.51. The fourth-order valence-electron chi connectivity index (χ4n) is 1.92. The van der Waals surface area contributed by atoms with Crippen LogP contribution in [0.5, 0.6) is 0 Å². The van der Waals surface area contributed by atoms with E-state index in [4.69, 9.17) is 5.26 Å². The Morgan fingerprint density at radius 3 is 2.39 bits per heavy atom. The van der Waals surface area contributed by atoms with Crippen molar-refractivity contribution in [2.45, 2.75) is 20.0 Å². The van der Waals surface area contributed by atoms with Crippen LogP contribution in [0.1, 0.15) is 22.4 Å². The van der Waals surface area contributed by atoms with Gasteiger partial charge >= 0.3 is 6.18 Å². The van der Waals surface area contributed by atoms with Crippen molar-refractivity contribution >= 4 is 10.9 Å². The summed E-state index contributed by atoms with van der Waals surface area (Å²) >= 11 is 0. The Kier molecular flexibility index (Phi) is 2.74. The summed E-state index contributed by atoms with van der Waals surface area (Å²) in [4.78, 5) is 3.62. The van der Waals surface area contributed by atoms with E-state index in [0.717, 1.165) is 11.6 Å². The van der Waals surface area contributed by atoms with Gasteiger partial charge in [0.25, 0.3) is 0 Å². The van der Waals surface area contributed by atoms with Crippen molar-refractivity contribution in [3.8, 4) is 6.07 Å². The Hall–Kier alpha value is -2.09. The monoisotopic (exact) mass is 250 g/mol.